The molecule has 0 heterocycles. The molecule has 1 saturated carbocycles. The predicted octanol–water partition coefficient (Wildman–Crippen LogP) is 2.89. The van der Waals surface area contributed by atoms with Crippen molar-refractivity contribution in [2.24, 2.45) is 0 Å². The van der Waals surface area contributed by atoms with Crippen LogP contribution in [0.1, 0.15) is 35.4 Å². The van der Waals surface area contributed by atoms with Crippen molar-refractivity contribution < 1.29 is 9.18 Å². The van der Waals surface area contributed by atoms with E-state index in [2.05, 4.69) is 0 Å². The molecule has 1 aromatic carbocycles. The Hall–Kier alpha value is -1.18. The third-order valence-corrected chi connectivity index (χ3v) is 2.88. The second kappa shape index (κ2) is 3.19. The number of Topliss-reactive ketones (excluding diaryl/α,β-unsaturated/α-hetero) is 1. The fourth-order valence-corrected chi connectivity index (χ4v) is 1.94. The van der Waals surface area contributed by atoms with E-state index in [1.165, 1.54) is 0 Å². The number of halogens is 1. The van der Waals surface area contributed by atoms with Crippen molar-refractivity contribution in [2.45, 2.75) is 32.6 Å². The number of aryl methyl sites for hydroxylation is 2. The van der Waals surface area contributed by atoms with Gasteiger partial charge in [0, 0.05) is 12.8 Å². The fourth-order valence-electron chi connectivity index (χ4n) is 1.94. The van der Waals surface area contributed by atoms with Crippen LogP contribution in [-0.2, 0) is 4.79 Å². The molecule has 14 heavy (non-hydrogen) atoms. The molecule has 0 N–H and O–H groups in total. The first-order chi connectivity index (χ1) is 6.58. The summed E-state index contributed by atoms with van der Waals surface area (Å²) in [5.41, 5.74) is 2.47. The van der Waals surface area contributed by atoms with Crippen molar-refractivity contribution in [3.8, 4) is 0 Å². The highest BCUT2D eigenvalue weighted by Gasteiger charge is 2.28. The summed E-state index contributed by atoms with van der Waals surface area (Å²) in [5.74, 6) is 0.523. The second-order valence-corrected chi connectivity index (χ2v) is 4.11. The topological polar surface area (TPSA) is 17.1 Å². The van der Waals surface area contributed by atoms with Gasteiger partial charge in [-0.1, -0.05) is 12.1 Å². The fraction of sp³-hybridized carbons (Fsp3) is 0.417. The molecule has 0 aliphatic heterocycles. The quantitative estimate of drug-likeness (QED) is 0.668. The molecular formula is C12H13FO. The van der Waals surface area contributed by atoms with Gasteiger partial charge in [0.2, 0.25) is 0 Å². The number of benzene rings is 1. The normalized spacial score (nSPS) is 16.9. The summed E-state index contributed by atoms with van der Waals surface area (Å²) in [6, 6.07) is 3.72. The van der Waals surface area contributed by atoms with Gasteiger partial charge in [0.25, 0.3) is 0 Å². The van der Waals surface area contributed by atoms with Crippen LogP contribution in [-0.4, -0.2) is 5.78 Å². The van der Waals surface area contributed by atoms with Gasteiger partial charge >= 0.3 is 0 Å². The van der Waals surface area contributed by atoms with Gasteiger partial charge in [-0.15, -0.1) is 0 Å². The Kier molecular flexibility index (Phi) is 2.14. The molecule has 0 amide bonds. The number of carbonyl (C=O) groups excluding carboxylic acids is 1. The Bertz CT molecular complexity index is 364. The Balaban J connectivity index is 2.32. The first kappa shape index (κ1) is 9.38. The van der Waals surface area contributed by atoms with Crippen molar-refractivity contribution in [3.63, 3.8) is 0 Å². The largest absolute Gasteiger partial charge is 0.300 e. The van der Waals surface area contributed by atoms with Crippen LogP contribution in [0.3, 0.4) is 0 Å². The number of hydrogen-bond donors (Lipinski definition) is 0. The van der Waals surface area contributed by atoms with Crippen LogP contribution in [0.15, 0.2) is 12.1 Å². The third kappa shape index (κ3) is 1.45. The summed E-state index contributed by atoms with van der Waals surface area (Å²) < 4.78 is 13.3. The number of hydrogen-bond acceptors (Lipinski definition) is 1. The molecule has 1 fully saturated rings. The molecule has 0 spiro atoms. The molecule has 0 aromatic heterocycles. The molecule has 1 aromatic rings. The molecule has 0 saturated heterocycles. The SMILES string of the molecule is Cc1cc(C2CC(=O)C2)cc(C)c1F. The van der Waals surface area contributed by atoms with Crippen molar-refractivity contribution >= 4 is 5.78 Å². The van der Waals surface area contributed by atoms with E-state index in [0.717, 1.165) is 5.56 Å². The molecule has 1 nitrogen and oxygen atoms in total. The number of carbonyl (C=O) groups is 1. The summed E-state index contributed by atoms with van der Waals surface area (Å²) in [6.07, 6.45) is 1.26. The Morgan fingerprint density at radius 3 is 2.14 bits per heavy atom. The van der Waals surface area contributed by atoms with E-state index in [1.54, 1.807) is 13.8 Å². The zero-order valence-electron chi connectivity index (χ0n) is 8.43. The molecule has 0 unspecified atom stereocenters. The second-order valence-electron chi connectivity index (χ2n) is 4.11. The van der Waals surface area contributed by atoms with Gasteiger partial charge in [-0.2, -0.15) is 0 Å². The first-order valence-electron chi connectivity index (χ1n) is 4.86. The maximum atomic E-state index is 13.3. The van der Waals surface area contributed by atoms with E-state index in [9.17, 15) is 9.18 Å². The molecule has 2 rings (SSSR count). The van der Waals surface area contributed by atoms with Crippen molar-refractivity contribution in [1.29, 1.82) is 0 Å². The molecule has 0 bridgehead atoms. The Morgan fingerprint density at radius 1 is 1.21 bits per heavy atom. The van der Waals surface area contributed by atoms with Gasteiger partial charge in [0.05, 0.1) is 0 Å². The first-order valence-corrected chi connectivity index (χ1v) is 4.86. The summed E-state index contributed by atoms with van der Waals surface area (Å²) >= 11 is 0. The zero-order chi connectivity index (χ0) is 10.3. The van der Waals surface area contributed by atoms with E-state index in [1.807, 2.05) is 12.1 Å². The van der Waals surface area contributed by atoms with E-state index in [4.69, 9.17) is 0 Å². The highest BCUT2D eigenvalue weighted by atomic mass is 19.1. The Morgan fingerprint density at radius 2 is 1.71 bits per heavy atom. The lowest BCUT2D eigenvalue weighted by atomic mass is 9.78. The lowest BCUT2D eigenvalue weighted by Gasteiger charge is -2.25. The average molecular weight is 192 g/mol. The van der Waals surface area contributed by atoms with Crippen molar-refractivity contribution in [3.05, 3.63) is 34.6 Å². The summed E-state index contributed by atoms with van der Waals surface area (Å²) in [5, 5.41) is 0. The summed E-state index contributed by atoms with van der Waals surface area (Å²) in [6.45, 7) is 3.54. The van der Waals surface area contributed by atoms with Crippen LogP contribution >= 0.6 is 0 Å². The molecular weight excluding hydrogens is 179 g/mol. The van der Waals surface area contributed by atoms with Gasteiger partial charge < -0.3 is 0 Å². The number of ketones is 1. The van der Waals surface area contributed by atoms with Crippen LogP contribution in [0, 0.1) is 19.7 Å². The Labute approximate surface area is 82.9 Å². The van der Waals surface area contributed by atoms with E-state index >= 15 is 0 Å². The minimum absolute atomic E-state index is 0.126. The average Bonchev–Trinajstić information content (AvgIpc) is 2.08. The minimum Gasteiger partial charge on any atom is -0.300 e. The minimum atomic E-state index is -0.126. The van der Waals surface area contributed by atoms with Gasteiger partial charge in [-0.25, -0.2) is 4.39 Å². The predicted molar refractivity (Wildman–Crippen MR) is 52.9 cm³/mol. The van der Waals surface area contributed by atoms with Crippen LogP contribution < -0.4 is 0 Å². The van der Waals surface area contributed by atoms with Gasteiger partial charge in [-0.05, 0) is 36.5 Å². The zero-order valence-corrected chi connectivity index (χ0v) is 8.43. The monoisotopic (exact) mass is 192 g/mol. The summed E-state index contributed by atoms with van der Waals surface area (Å²) in [4.78, 5) is 10.8. The van der Waals surface area contributed by atoms with Gasteiger partial charge in [0.1, 0.15) is 11.6 Å². The maximum absolute atomic E-state index is 13.3. The molecule has 74 valence electrons. The van der Waals surface area contributed by atoms with Gasteiger partial charge in [-0.3, -0.25) is 4.79 Å². The molecule has 1 aliphatic rings. The smallest absolute Gasteiger partial charge is 0.134 e. The van der Waals surface area contributed by atoms with Crippen molar-refractivity contribution in [1.82, 2.24) is 0 Å². The van der Waals surface area contributed by atoms with Gasteiger partial charge in [0.15, 0.2) is 0 Å². The van der Waals surface area contributed by atoms with Crippen LogP contribution in [0.25, 0.3) is 0 Å². The standard InChI is InChI=1S/C12H13FO/c1-7-3-9(4-8(2)12(7)13)10-5-11(14)6-10/h3-4,10H,5-6H2,1-2H3. The molecule has 1 aliphatic carbocycles. The summed E-state index contributed by atoms with van der Waals surface area (Å²) in [7, 11) is 0. The highest BCUT2D eigenvalue weighted by molar-refractivity contribution is 5.86. The van der Waals surface area contributed by atoms with Crippen LogP contribution in [0.2, 0.25) is 0 Å². The third-order valence-electron chi connectivity index (χ3n) is 2.88. The van der Waals surface area contributed by atoms with Crippen LogP contribution in [0.5, 0.6) is 0 Å². The lowest BCUT2D eigenvalue weighted by molar-refractivity contribution is -0.124. The van der Waals surface area contributed by atoms with E-state index < -0.39 is 0 Å². The molecule has 2 heteroatoms. The number of rotatable bonds is 1. The molecule has 0 atom stereocenters. The lowest BCUT2D eigenvalue weighted by Crippen LogP contribution is -2.21. The molecule has 0 radical (unpaired) electrons. The van der Waals surface area contributed by atoms with Crippen molar-refractivity contribution in [2.75, 3.05) is 0 Å². The highest BCUT2D eigenvalue weighted by Crippen LogP contribution is 2.34. The maximum Gasteiger partial charge on any atom is 0.134 e. The van der Waals surface area contributed by atoms with E-state index in [-0.39, 0.29) is 5.82 Å². The van der Waals surface area contributed by atoms with Crippen LogP contribution in [0.4, 0.5) is 4.39 Å². The van der Waals surface area contributed by atoms with E-state index in [0.29, 0.717) is 35.7 Å².